The van der Waals surface area contributed by atoms with Crippen LogP contribution in [0.3, 0.4) is 0 Å². The van der Waals surface area contributed by atoms with E-state index in [1.165, 1.54) is 21.3 Å². The van der Waals surface area contributed by atoms with Crippen LogP contribution < -0.4 is 23.8 Å². The number of methoxy groups -OCH3 is 3. The van der Waals surface area contributed by atoms with Gasteiger partial charge in [0.25, 0.3) is 5.78 Å². The second-order valence-electron chi connectivity index (χ2n) is 10.6. The van der Waals surface area contributed by atoms with Crippen LogP contribution in [0.1, 0.15) is 50.6 Å². The first-order valence-corrected chi connectivity index (χ1v) is 15.5. The van der Waals surface area contributed by atoms with E-state index < -0.39 is 29.5 Å². The maximum absolute atomic E-state index is 13.8. The molecule has 1 atom stereocenters. The topological polar surface area (TPSA) is 134 Å². The molecule has 1 aliphatic rings. The minimum absolute atomic E-state index is 0.0744. The zero-order chi connectivity index (χ0) is 33.8. The lowest BCUT2D eigenvalue weighted by Gasteiger charge is -2.24. The van der Waals surface area contributed by atoms with Crippen molar-refractivity contribution in [3.05, 3.63) is 99.1 Å². The molecule has 0 spiro atoms. The number of anilines is 1. The summed E-state index contributed by atoms with van der Waals surface area (Å²) in [6.45, 7) is 5.80. The number of ketones is 1. The minimum Gasteiger partial charge on any atom is -0.507 e. The summed E-state index contributed by atoms with van der Waals surface area (Å²) in [6.07, 6.45) is 0. The molecule has 244 valence electrons. The van der Waals surface area contributed by atoms with E-state index in [0.29, 0.717) is 29.4 Å². The molecule has 1 fully saturated rings. The van der Waals surface area contributed by atoms with Crippen molar-refractivity contribution in [3.63, 3.8) is 0 Å². The zero-order valence-electron chi connectivity index (χ0n) is 26.8. The molecule has 2 heterocycles. The molecule has 0 aliphatic carbocycles. The predicted octanol–water partition coefficient (Wildman–Crippen LogP) is 6.17. The fraction of sp³-hybridized carbons (Fsp3) is 0.257. The van der Waals surface area contributed by atoms with Crippen LogP contribution in [0, 0.1) is 13.8 Å². The maximum atomic E-state index is 13.8. The molecule has 1 amide bonds. The summed E-state index contributed by atoms with van der Waals surface area (Å²) in [6, 6.07) is 16.5. The molecule has 1 aromatic heterocycles. The highest BCUT2D eigenvalue weighted by Crippen LogP contribution is 2.48. The van der Waals surface area contributed by atoms with Gasteiger partial charge in [-0.25, -0.2) is 9.78 Å². The van der Waals surface area contributed by atoms with E-state index in [9.17, 15) is 19.5 Å². The molecule has 1 unspecified atom stereocenters. The van der Waals surface area contributed by atoms with Crippen molar-refractivity contribution in [2.24, 2.45) is 0 Å². The number of rotatable bonds is 11. The van der Waals surface area contributed by atoms with Crippen LogP contribution >= 0.6 is 11.3 Å². The number of thiazole rings is 1. The van der Waals surface area contributed by atoms with Gasteiger partial charge in [-0.05, 0) is 68.3 Å². The van der Waals surface area contributed by atoms with Crippen molar-refractivity contribution in [1.29, 1.82) is 0 Å². The number of nitrogens with zero attached hydrogens (tertiary/aromatic N) is 2. The lowest BCUT2D eigenvalue weighted by molar-refractivity contribution is -0.132. The number of aliphatic hydroxyl groups excluding tert-OH is 1. The second kappa shape index (κ2) is 14.0. The van der Waals surface area contributed by atoms with Crippen LogP contribution in [0.15, 0.2) is 66.2 Å². The van der Waals surface area contributed by atoms with Gasteiger partial charge < -0.3 is 28.8 Å². The van der Waals surface area contributed by atoms with Crippen molar-refractivity contribution in [3.8, 4) is 23.0 Å². The molecule has 11 nitrogen and oxygen atoms in total. The summed E-state index contributed by atoms with van der Waals surface area (Å²) in [5, 5.41) is 11.7. The van der Waals surface area contributed by atoms with Crippen molar-refractivity contribution in [1.82, 2.24) is 4.98 Å². The molecule has 0 radical (unpaired) electrons. The van der Waals surface area contributed by atoms with Gasteiger partial charge in [-0.3, -0.25) is 14.5 Å². The number of benzene rings is 3. The highest BCUT2D eigenvalue weighted by Gasteiger charge is 2.49. The third-order valence-electron chi connectivity index (χ3n) is 7.52. The van der Waals surface area contributed by atoms with Crippen LogP contribution in [0.5, 0.6) is 23.0 Å². The number of aliphatic hydroxyl groups is 1. The minimum atomic E-state index is -1.18. The van der Waals surface area contributed by atoms with Crippen LogP contribution in [0.4, 0.5) is 5.13 Å². The van der Waals surface area contributed by atoms with E-state index in [0.717, 1.165) is 27.4 Å². The Balaban J connectivity index is 1.61. The van der Waals surface area contributed by atoms with Gasteiger partial charge in [0.05, 0.1) is 45.2 Å². The monoisotopic (exact) mass is 658 g/mol. The summed E-state index contributed by atoms with van der Waals surface area (Å²) < 4.78 is 27.7. The van der Waals surface area contributed by atoms with Crippen LogP contribution in [0.2, 0.25) is 0 Å². The SMILES string of the molecule is CCOC(=O)c1sc(N2C(=O)C(=O)/C(=C(/O)c3ccc(OCc4cccc(C)c4)cc3)C2c2cc(OC)c(OC)c(OC)c2)nc1C. The Hall–Kier alpha value is -5.36. The maximum Gasteiger partial charge on any atom is 0.350 e. The van der Waals surface area contributed by atoms with E-state index in [-0.39, 0.29) is 39.3 Å². The summed E-state index contributed by atoms with van der Waals surface area (Å²) in [7, 11) is 4.34. The fourth-order valence-corrected chi connectivity index (χ4v) is 6.30. The summed E-state index contributed by atoms with van der Waals surface area (Å²) in [5.74, 6) is -1.50. The van der Waals surface area contributed by atoms with E-state index in [1.54, 1.807) is 50.2 Å². The Morgan fingerprint density at radius 2 is 1.64 bits per heavy atom. The van der Waals surface area contributed by atoms with Gasteiger partial charge in [-0.1, -0.05) is 41.2 Å². The number of hydrogen-bond donors (Lipinski definition) is 1. The molecule has 1 saturated heterocycles. The molecule has 4 aromatic rings. The molecule has 47 heavy (non-hydrogen) atoms. The molecule has 0 bridgehead atoms. The predicted molar refractivity (Wildman–Crippen MR) is 176 cm³/mol. The Kier molecular flexibility index (Phi) is 9.80. The van der Waals surface area contributed by atoms with E-state index in [1.807, 2.05) is 31.2 Å². The van der Waals surface area contributed by atoms with Gasteiger partial charge in [-0.15, -0.1) is 0 Å². The van der Waals surface area contributed by atoms with Gasteiger partial charge >= 0.3 is 11.9 Å². The smallest absolute Gasteiger partial charge is 0.350 e. The van der Waals surface area contributed by atoms with E-state index in [2.05, 4.69) is 4.98 Å². The van der Waals surface area contributed by atoms with Gasteiger partial charge in [-0.2, -0.15) is 0 Å². The third-order valence-corrected chi connectivity index (χ3v) is 8.65. The fourth-order valence-electron chi connectivity index (χ4n) is 5.31. The largest absolute Gasteiger partial charge is 0.507 e. The lowest BCUT2D eigenvalue weighted by atomic mass is 9.94. The Morgan fingerprint density at radius 3 is 2.23 bits per heavy atom. The normalized spacial score (nSPS) is 15.4. The number of aryl methyl sites for hydroxylation is 2. The molecule has 5 rings (SSSR count). The first-order valence-electron chi connectivity index (χ1n) is 14.7. The Labute approximate surface area is 275 Å². The Bertz CT molecular complexity index is 1840. The third kappa shape index (κ3) is 6.50. The summed E-state index contributed by atoms with van der Waals surface area (Å²) >= 11 is 0.912. The summed E-state index contributed by atoms with van der Waals surface area (Å²) in [5.41, 5.74) is 2.91. The van der Waals surface area contributed by atoms with E-state index in [4.69, 9.17) is 23.7 Å². The first-order chi connectivity index (χ1) is 22.6. The standard InChI is InChI=1S/C35H34N2O9S/c1-7-45-34(41)32-20(3)36-35(47-32)37-28(23-16-25(42-4)31(44-6)26(17-23)43-5)27(30(39)33(37)40)29(38)22-11-13-24(14-12-22)46-18-21-10-8-9-19(2)15-21/h8-17,28,38H,7,18H2,1-6H3/b29-27+. The quantitative estimate of drug-likeness (QED) is 0.0864. The number of Topliss-reactive ketones (excluding diaryl/α,β-unsaturated/α-hetero) is 1. The van der Waals surface area contributed by atoms with Crippen LogP contribution in [0.25, 0.3) is 5.76 Å². The molecular weight excluding hydrogens is 624 g/mol. The average molecular weight is 659 g/mol. The number of carbonyl (C=O) groups excluding carboxylic acids is 3. The highest BCUT2D eigenvalue weighted by atomic mass is 32.1. The van der Waals surface area contributed by atoms with Crippen LogP contribution in [-0.4, -0.2) is 55.7 Å². The van der Waals surface area contributed by atoms with Crippen molar-refractivity contribution < 1.29 is 43.2 Å². The molecule has 0 saturated carbocycles. The number of carbonyl (C=O) groups is 3. The average Bonchev–Trinajstić information content (AvgIpc) is 3.58. The van der Waals surface area contributed by atoms with Crippen molar-refractivity contribution in [2.75, 3.05) is 32.8 Å². The Morgan fingerprint density at radius 1 is 0.957 bits per heavy atom. The molecular formula is C35H34N2O9S. The zero-order valence-corrected chi connectivity index (χ0v) is 27.6. The van der Waals surface area contributed by atoms with Crippen LogP contribution in [-0.2, 0) is 20.9 Å². The number of hydrogen-bond acceptors (Lipinski definition) is 11. The lowest BCUT2D eigenvalue weighted by Crippen LogP contribution is -2.29. The van der Waals surface area contributed by atoms with Gasteiger partial charge in [0.1, 0.15) is 23.0 Å². The van der Waals surface area contributed by atoms with E-state index >= 15 is 0 Å². The van der Waals surface area contributed by atoms with Crippen molar-refractivity contribution >= 4 is 39.9 Å². The number of amides is 1. The molecule has 1 aliphatic heterocycles. The second-order valence-corrected chi connectivity index (χ2v) is 11.5. The van der Waals surface area contributed by atoms with Gasteiger partial charge in [0.2, 0.25) is 5.75 Å². The van der Waals surface area contributed by atoms with Crippen molar-refractivity contribution in [2.45, 2.75) is 33.4 Å². The first kappa shape index (κ1) is 33.0. The highest BCUT2D eigenvalue weighted by molar-refractivity contribution is 7.17. The molecule has 12 heteroatoms. The number of esters is 1. The van der Waals surface area contributed by atoms with Gasteiger partial charge in [0.15, 0.2) is 16.6 Å². The van der Waals surface area contributed by atoms with Gasteiger partial charge in [0, 0.05) is 5.56 Å². The number of ether oxygens (including phenoxy) is 5. The number of aromatic nitrogens is 1. The molecule has 3 aromatic carbocycles. The summed E-state index contributed by atoms with van der Waals surface area (Å²) in [4.78, 5) is 46.0. The molecule has 1 N–H and O–H groups in total.